The quantitative estimate of drug-likeness (QED) is 0.722. The molecule has 1 aromatic heterocycles. The lowest BCUT2D eigenvalue weighted by molar-refractivity contribution is -0.895. The van der Waals surface area contributed by atoms with Gasteiger partial charge < -0.3 is 10.2 Å². The number of amides is 1. The minimum absolute atomic E-state index is 0.00102. The predicted molar refractivity (Wildman–Crippen MR) is 104 cm³/mol. The summed E-state index contributed by atoms with van der Waals surface area (Å²) < 4.78 is 26.7. The second-order valence-electron chi connectivity index (χ2n) is 6.39. The number of piperazine rings is 1. The molecule has 1 aliphatic heterocycles. The number of nitrogens with zero attached hydrogens (tertiary/aromatic N) is 2. The number of sulfonamides is 1. The van der Waals surface area contributed by atoms with E-state index >= 15 is 0 Å². The molecule has 2 N–H and O–H groups in total. The first-order valence-corrected chi connectivity index (χ1v) is 11.1. The van der Waals surface area contributed by atoms with Crippen molar-refractivity contribution >= 4 is 32.3 Å². The first kappa shape index (κ1) is 19.5. The van der Waals surface area contributed by atoms with Crippen LogP contribution in [0.1, 0.15) is 11.1 Å². The molecular weight excluding hydrogens is 384 g/mol. The fraction of sp³-hybridized carbons (Fsp3) is 0.333. The molecule has 0 aliphatic carbocycles. The van der Waals surface area contributed by atoms with Gasteiger partial charge in [0, 0.05) is 0 Å². The molecule has 27 heavy (non-hydrogen) atoms. The van der Waals surface area contributed by atoms with Crippen molar-refractivity contribution in [3.63, 3.8) is 0 Å². The van der Waals surface area contributed by atoms with Crippen LogP contribution in [0.5, 0.6) is 0 Å². The number of thiophene rings is 1. The lowest BCUT2D eigenvalue weighted by Gasteiger charge is -2.31. The first-order chi connectivity index (χ1) is 13.0. The molecule has 2 heterocycles. The number of nitrogens with one attached hydrogen (secondary N) is 2. The molecule has 0 atom stereocenters. The summed E-state index contributed by atoms with van der Waals surface area (Å²) in [6.07, 6.45) is 0. The molecular formula is C18H21N4O3S2+. The number of hydrogen-bond donors (Lipinski definition) is 2. The van der Waals surface area contributed by atoms with Gasteiger partial charge in [0.05, 0.1) is 37.5 Å². The lowest BCUT2D eigenvalue weighted by Crippen LogP contribution is -3.15. The van der Waals surface area contributed by atoms with Crippen LogP contribution in [0.25, 0.3) is 0 Å². The Bertz CT molecular complexity index is 927. The summed E-state index contributed by atoms with van der Waals surface area (Å²) in [4.78, 5) is 13.2. The van der Waals surface area contributed by atoms with Crippen molar-refractivity contribution < 1.29 is 18.1 Å². The fourth-order valence-corrected chi connectivity index (χ4v) is 5.31. The molecule has 1 saturated heterocycles. The Morgan fingerprint density at radius 1 is 1.22 bits per heavy atom. The molecule has 9 heteroatoms. The second kappa shape index (κ2) is 8.63. The zero-order valence-corrected chi connectivity index (χ0v) is 16.4. The number of quaternary nitrogens is 1. The third-order valence-electron chi connectivity index (χ3n) is 4.46. The van der Waals surface area contributed by atoms with Gasteiger partial charge in [-0.1, -0.05) is 30.3 Å². The van der Waals surface area contributed by atoms with Crippen molar-refractivity contribution in [2.45, 2.75) is 5.75 Å². The van der Waals surface area contributed by atoms with Crippen LogP contribution in [-0.2, 0) is 20.6 Å². The number of anilines is 1. The van der Waals surface area contributed by atoms with Gasteiger partial charge in [-0.3, -0.25) is 4.79 Å². The predicted octanol–water partition coefficient (Wildman–Crippen LogP) is 0.289. The monoisotopic (exact) mass is 405 g/mol. The van der Waals surface area contributed by atoms with Crippen LogP contribution in [0.15, 0.2) is 41.8 Å². The average molecular weight is 406 g/mol. The number of carbonyl (C=O) groups excluding carboxylic acids is 1. The van der Waals surface area contributed by atoms with E-state index in [0.29, 0.717) is 36.7 Å². The molecule has 0 bridgehead atoms. The van der Waals surface area contributed by atoms with Crippen molar-refractivity contribution in [1.82, 2.24) is 4.31 Å². The molecule has 0 radical (unpaired) electrons. The van der Waals surface area contributed by atoms with Gasteiger partial charge >= 0.3 is 0 Å². The van der Waals surface area contributed by atoms with Crippen LogP contribution < -0.4 is 10.2 Å². The van der Waals surface area contributed by atoms with Gasteiger partial charge in [0.1, 0.15) is 11.1 Å². The third-order valence-corrected chi connectivity index (χ3v) is 7.14. The lowest BCUT2D eigenvalue weighted by atomic mass is 10.2. The molecule has 7 nitrogen and oxygen atoms in total. The molecule has 0 unspecified atom stereocenters. The molecule has 2 aromatic rings. The summed E-state index contributed by atoms with van der Waals surface area (Å²) >= 11 is 1.32. The van der Waals surface area contributed by atoms with Crippen molar-refractivity contribution in [1.29, 1.82) is 5.26 Å². The van der Waals surface area contributed by atoms with Crippen LogP contribution in [0.3, 0.4) is 0 Å². The van der Waals surface area contributed by atoms with Crippen molar-refractivity contribution in [2.75, 3.05) is 38.0 Å². The zero-order chi connectivity index (χ0) is 19.3. The van der Waals surface area contributed by atoms with E-state index in [9.17, 15) is 13.2 Å². The number of hydrogen-bond acceptors (Lipinski definition) is 5. The van der Waals surface area contributed by atoms with Crippen molar-refractivity contribution in [3.8, 4) is 6.07 Å². The fourth-order valence-electron chi connectivity index (χ4n) is 3.03. The molecule has 1 aliphatic rings. The van der Waals surface area contributed by atoms with E-state index in [1.165, 1.54) is 15.6 Å². The van der Waals surface area contributed by atoms with Crippen molar-refractivity contribution in [3.05, 3.63) is 52.9 Å². The van der Waals surface area contributed by atoms with E-state index in [1.54, 1.807) is 11.4 Å². The van der Waals surface area contributed by atoms with E-state index in [0.717, 1.165) is 10.5 Å². The van der Waals surface area contributed by atoms with Crippen LogP contribution in [0.4, 0.5) is 5.00 Å². The van der Waals surface area contributed by atoms with Crippen molar-refractivity contribution in [2.24, 2.45) is 0 Å². The van der Waals surface area contributed by atoms with Gasteiger partial charge in [0.2, 0.25) is 10.0 Å². The molecule has 142 valence electrons. The standard InChI is InChI=1S/C18H20N4O3S2/c19-12-16-6-11-26-18(16)20-17(23)13-21-7-9-22(10-8-21)27(24,25)14-15-4-2-1-3-5-15/h1-6,11H,7-10,13-14H2,(H,20,23)/p+1. The highest BCUT2D eigenvalue weighted by Gasteiger charge is 2.30. The highest BCUT2D eigenvalue weighted by Crippen LogP contribution is 2.21. The zero-order valence-electron chi connectivity index (χ0n) is 14.7. The van der Waals surface area contributed by atoms with E-state index in [4.69, 9.17) is 5.26 Å². The smallest absolute Gasteiger partial charge is 0.280 e. The van der Waals surface area contributed by atoms with E-state index in [1.807, 2.05) is 36.4 Å². The highest BCUT2D eigenvalue weighted by atomic mass is 32.2. The number of benzene rings is 1. The van der Waals surface area contributed by atoms with Gasteiger partial charge in [-0.25, -0.2) is 8.42 Å². The Morgan fingerprint density at radius 3 is 2.59 bits per heavy atom. The van der Waals surface area contributed by atoms with Crippen LogP contribution >= 0.6 is 11.3 Å². The van der Waals surface area contributed by atoms with Gasteiger partial charge in [-0.05, 0) is 17.0 Å². The average Bonchev–Trinajstić information content (AvgIpc) is 3.09. The Kier molecular flexibility index (Phi) is 6.23. The summed E-state index contributed by atoms with van der Waals surface area (Å²) in [5, 5.41) is 14.1. The van der Waals surface area contributed by atoms with E-state index in [2.05, 4.69) is 5.32 Å². The van der Waals surface area contributed by atoms with E-state index < -0.39 is 10.0 Å². The highest BCUT2D eigenvalue weighted by molar-refractivity contribution is 7.88. The molecule has 1 fully saturated rings. The second-order valence-corrected chi connectivity index (χ2v) is 9.28. The maximum atomic E-state index is 12.6. The summed E-state index contributed by atoms with van der Waals surface area (Å²) in [6, 6.07) is 12.9. The molecule has 0 spiro atoms. The summed E-state index contributed by atoms with van der Waals surface area (Å²) in [5.74, 6) is -0.163. The Hall–Kier alpha value is -2.25. The molecule has 0 saturated carbocycles. The third kappa shape index (κ3) is 5.14. The number of rotatable bonds is 6. The minimum atomic E-state index is -3.35. The molecule has 1 amide bonds. The maximum absolute atomic E-state index is 12.6. The number of nitriles is 1. The van der Waals surface area contributed by atoms with Gasteiger partial charge in [0.15, 0.2) is 6.54 Å². The van der Waals surface area contributed by atoms with Crippen LogP contribution in [0.2, 0.25) is 0 Å². The molecule has 1 aromatic carbocycles. The van der Waals surface area contributed by atoms with Gasteiger partial charge in [-0.2, -0.15) is 9.57 Å². The SMILES string of the molecule is N#Cc1ccsc1NC(=O)C[NH+]1CCN(S(=O)(=O)Cc2ccccc2)CC1. The van der Waals surface area contributed by atoms with Gasteiger partial charge in [-0.15, -0.1) is 11.3 Å². The van der Waals surface area contributed by atoms with Crippen LogP contribution in [-0.4, -0.2) is 51.4 Å². The van der Waals surface area contributed by atoms with Gasteiger partial charge in [0.25, 0.3) is 5.91 Å². The molecule has 3 rings (SSSR count). The van der Waals surface area contributed by atoms with Crippen LogP contribution in [0, 0.1) is 11.3 Å². The Balaban J connectivity index is 1.50. The maximum Gasteiger partial charge on any atom is 0.280 e. The normalized spacial score (nSPS) is 16.0. The largest absolute Gasteiger partial charge is 0.325 e. The summed E-state index contributed by atoms with van der Waals surface area (Å²) in [5.41, 5.74) is 1.23. The summed E-state index contributed by atoms with van der Waals surface area (Å²) in [7, 11) is -3.35. The Labute approximate surface area is 162 Å². The Morgan fingerprint density at radius 2 is 1.93 bits per heavy atom. The summed E-state index contributed by atoms with van der Waals surface area (Å²) in [6.45, 7) is 2.23. The van der Waals surface area contributed by atoms with E-state index in [-0.39, 0.29) is 18.2 Å². The topological polar surface area (TPSA) is 94.7 Å². The minimum Gasteiger partial charge on any atom is -0.325 e. The number of carbonyl (C=O) groups is 1. The first-order valence-electron chi connectivity index (χ1n) is 8.61.